The number of halogens is 9. The van der Waals surface area contributed by atoms with Crippen molar-refractivity contribution in [1.29, 1.82) is 5.26 Å². The zero-order chi connectivity index (χ0) is 99.4. The van der Waals surface area contributed by atoms with Crippen LogP contribution < -0.4 is 54.7 Å². The van der Waals surface area contributed by atoms with E-state index in [2.05, 4.69) is 20.8 Å². The summed E-state index contributed by atoms with van der Waals surface area (Å²) in [4.78, 5) is 49.7. The van der Waals surface area contributed by atoms with E-state index in [9.17, 15) is 54.3 Å². The molecule has 728 valence electrons. The van der Waals surface area contributed by atoms with Crippen LogP contribution in [0.3, 0.4) is 0 Å². The topological polar surface area (TPSA) is 334 Å². The first kappa shape index (κ1) is 109. The maximum absolute atomic E-state index is 15.0. The van der Waals surface area contributed by atoms with E-state index in [1.54, 1.807) is 123 Å². The van der Waals surface area contributed by atoms with Crippen LogP contribution in [0, 0.1) is 64.4 Å². The van der Waals surface area contributed by atoms with E-state index >= 15 is 0 Å². The zero-order valence-corrected chi connectivity index (χ0v) is 79.0. The largest absolute Gasteiger partial charge is 1.00 e. The van der Waals surface area contributed by atoms with Gasteiger partial charge >= 0.3 is 49.9 Å². The van der Waals surface area contributed by atoms with Crippen LogP contribution in [0.15, 0.2) is 266 Å². The van der Waals surface area contributed by atoms with Gasteiger partial charge in [-0.05, 0) is 219 Å². The Morgan fingerprint density at radius 2 is 0.768 bits per heavy atom. The van der Waals surface area contributed by atoms with Crippen LogP contribution in [0.2, 0.25) is 0 Å². The number of nitrogens with two attached hydrogens (primary N) is 2. The number of nitrogens with zero attached hydrogens (tertiary/aromatic N) is 2. The average molecular weight is 2000 g/mol. The Balaban J connectivity index is 0.000000186. The van der Waals surface area contributed by atoms with Crippen molar-refractivity contribution in [2.24, 2.45) is 11.5 Å². The van der Waals surface area contributed by atoms with Crippen molar-refractivity contribution in [2.75, 3.05) is 20.3 Å². The molecule has 0 radical (unpaired) electrons. The Hall–Kier alpha value is -14.8. The van der Waals surface area contributed by atoms with Gasteiger partial charge in [-0.3, -0.25) is 19.2 Å². The third kappa shape index (κ3) is 26.9. The molecule has 0 amide bonds. The minimum Gasteiger partial charge on any atom is -0.870 e. The van der Waals surface area contributed by atoms with Gasteiger partial charge in [0.25, 0.3) is 0 Å². The number of aliphatic carboxylic acids is 1. The van der Waals surface area contributed by atoms with Gasteiger partial charge in [-0.2, -0.15) is 5.26 Å². The van der Waals surface area contributed by atoms with Crippen molar-refractivity contribution >= 4 is 102 Å². The summed E-state index contributed by atoms with van der Waals surface area (Å²) in [6.07, 6.45) is 6.24. The molecule has 0 spiro atoms. The van der Waals surface area contributed by atoms with Gasteiger partial charge in [0, 0.05) is 107 Å². The van der Waals surface area contributed by atoms with Crippen LogP contribution >= 0.6 is 15.9 Å². The predicted molar refractivity (Wildman–Crippen MR) is 517 cm³/mol. The summed E-state index contributed by atoms with van der Waals surface area (Å²) in [6, 6.07) is 60.0. The summed E-state index contributed by atoms with van der Waals surface area (Å²) in [5, 5.41) is 20.4. The monoisotopic (exact) mass is 2000 g/mol. The van der Waals surface area contributed by atoms with Crippen LogP contribution in [0.25, 0.3) is 82.1 Å². The van der Waals surface area contributed by atoms with Crippen LogP contribution in [-0.2, 0) is 108 Å². The van der Waals surface area contributed by atoms with Crippen LogP contribution in [0.5, 0.6) is 23.0 Å². The van der Waals surface area contributed by atoms with E-state index in [1.807, 2.05) is 94.4 Å². The van der Waals surface area contributed by atoms with Crippen molar-refractivity contribution in [1.82, 2.24) is 0 Å². The number of fused-ring (bicyclic) bond motifs is 4. The molecule has 0 atom stereocenters. The van der Waals surface area contributed by atoms with Crippen molar-refractivity contribution in [3.05, 3.63) is 367 Å². The maximum Gasteiger partial charge on any atom is 1.00 e. The number of carbonyl (C=O) groups excluding carboxylic acids is 3. The molecule has 0 unspecified atom stereocenters. The zero-order valence-electron chi connectivity index (χ0n) is 77.4. The van der Waals surface area contributed by atoms with Crippen LogP contribution in [-0.4, -0.2) is 73.1 Å². The molecule has 1 aliphatic heterocycles. The summed E-state index contributed by atoms with van der Waals surface area (Å²) in [6.45, 7) is 19.8. The third-order valence-corrected chi connectivity index (χ3v) is 23.0. The van der Waals surface area contributed by atoms with E-state index < -0.39 is 76.5 Å². The second kappa shape index (κ2) is 49.9. The molecule has 4 aromatic heterocycles. The van der Waals surface area contributed by atoms with E-state index in [4.69, 9.17) is 88.5 Å². The average Bonchev–Trinajstić information content (AvgIpc) is 1.58. The molecule has 23 nitrogen and oxygen atoms in total. The molecular weight excluding hydrogens is 1910 g/mol. The quantitative estimate of drug-likeness (QED) is 0.0102. The fraction of sp³-hybridized carbons (Fsp3) is 0.204. The van der Waals surface area contributed by atoms with Crippen molar-refractivity contribution in [3.63, 3.8) is 0 Å². The molecule has 16 aromatic rings. The molecule has 1 saturated heterocycles. The summed E-state index contributed by atoms with van der Waals surface area (Å²) >= 11 is 2.77. The number of hydrogen-bond acceptors (Lipinski definition) is 21. The molecule has 1 fully saturated rings. The van der Waals surface area contributed by atoms with Gasteiger partial charge < -0.3 is 82.2 Å². The number of carbonyl (C=O) groups is 4. The Bertz CT molecular complexity index is 7280. The summed E-state index contributed by atoms with van der Waals surface area (Å²) in [7, 11) is 0.791. The van der Waals surface area contributed by atoms with E-state index in [1.165, 1.54) is 32.0 Å². The fourth-order valence-corrected chi connectivity index (χ4v) is 15.5. The summed E-state index contributed by atoms with van der Waals surface area (Å²) in [5.74, 6) is -5.07. The second-order valence-electron chi connectivity index (χ2n) is 32.5. The number of methoxy groups -OCH3 is 1. The number of esters is 3. The summed E-state index contributed by atoms with van der Waals surface area (Å²) in [5.41, 5.74) is 19.4. The number of furan rings is 4. The number of carboxylic acids is 1. The Morgan fingerprint density at radius 1 is 0.437 bits per heavy atom. The molecule has 17 rings (SSSR count). The van der Waals surface area contributed by atoms with E-state index in [-0.39, 0.29) is 146 Å². The van der Waals surface area contributed by atoms with E-state index in [0.29, 0.717) is 115 Å². The number of benzene rings is 12. The van der Waals surface area contributed by atoms with Crippen LogP contribution in [0.4, 0.5) is 40.8 Å². The molecule has 12 aromatic carbocycles. The van der Waals surface area contributed by atoms with Gasteiger partial charge in [0.15, 0.2) is 5.82 Å². The second-order valence-corrected chi connectivity index (χ2v) is 33.3. The van der Waals surface area contributed by atoms with Crippen LogP contribution in [0.1, 0.15) is 110 Å². The molecule has 0 saturated carbocycles. The molecule has 0 bridgehead atoms. The molecule has 0 aliphatic carbocycles. The van der Waals surface area contributed by atoms with Gasteiger partial charge in [-0.1, -0.05) is 86.3 Å². The minimum atomic E-state index is -0.963. The third-order valence-electron chi connectivity index (χ3n) is 22.4. The Labute approximate surface area is 832 Å². The molecule has 5 heterocycles. The molecule has 6 N–H and O–H groups in total. The van der Waals surface area contributed by atoms with Gasteiger partial charge in [0.1, 0.15) is 119 Å². The Morgan fingerprint density at radius 3 is 1.12 bits per heavy atom. The standard InChI is InChI=1S/C26H19F2NO4.C25H29BO6.C25H21F2NO4.C24H19F2NO4.C7H2BrF2N.CH4.Li.H2O/c1-3-31-24(30)12-17-6-4-5-7-23(17)33-15-16-10-18-8-9-32-26(18)21(11-16)20-13-19(27)14-22(29-2)25(20)28;1-6-28-22(27)15-18-9-7-8-10-21(18)30-16-17-13-19-11-12-29-23(19)20(14-17)26-31-24(2,3)25(4,5)32-26;1-30-23(29)11-16-4-2-3-5-22(16)32-14-15-8-17-6-7-31-25(17)21(9-15)20-12-19(26)10-18(13-28)24(20)27;25-18-9-17(12-27)23(26)19(11-18)20-8-14(7-16-5-6-30-24(16)20)13-31-21-4-2-1-3-15(21)10-22(28)29;8-6-2-5(9)1-4(3-11)7(6)10;;;/h4-11,13-14H,3,12,15H2,1H3;7-14H,6,15-16H2,1-5H3;2-10,12H,11,13-14,28H2,1H3;1-9,11H,10,12-13,27H2,(H,28,29);1-2H;1H4;;1H2/q;;;;;;+1;/p-1. The van der Waals surface area contributed by atoms with E-state index in [0.717, 1.165) is 87.0 Å². The van der Waals surface area contributed by atoms with Gasteiger partial charge in [0.2, 0.25) is 5.69 Å². The van der Waals surface area contributed by atoms with Gasteiger partial charge in [0.05, 0.1) is 98.9 Å². The SMILES string of the molecule is C.CCOC(=O)Cc1ccccc1OCc1cc(B2OC(C)(C)C(C)(C)O2)c2occc2c1.COC(=O)Cc1ccccc1OCc1cc(-c2cc(F)cc(CN)c2F)c2occc2c1.N#Cc1cc(F)cc(Br)c1F.NCc1cc(F)cc(-c2cc(COc3ccccc3CC(=O)O)cc3ccoc23)c1F.[C-]#[N+]c1cc(F)cc(-c2cc(COc3ccccc3CC(=O)OCC)cc3ccoc23)c1F.[Li+].[OH-]. The maximum atomic E-state index is 15.0. The predicted octanol–water partition coefficient (Wildman–Crippen LogP) is 21.3. The number of rotatable bonds is 28. The van der Waals surface area contributed by atoms with Gasteiger partial charge in [-0.25, -0.2) is 40.0 Å². The van der Waals surface area contributed by atoms with Crippen molar-refractivity contribution in [2.45, 2.75) is 125 Å². The molecule has 1 aliphatic rings. The number of ether oxygens (including phenoxy) is 7. The number of para-hydroxylation sites is 4. The number of carboxylic acid groups (broad SMARTS) is 1. The molecule has 34 heteroatoms. The number of nitriles is 1. The number of hydrogen-bond donors (Lipinski definition) is 3. The minimum absolute atomic E-state index is 0. The van der Waals surface area contributed by atoms with Crippen molar-refractivity contribution < 1.29 is 144 Å². The molecule has 142 heavy (non-hydrogen) atoms. The normalized spacial score (nSPS) is 11.9. The molecular formula is C108H95BBrF8LiN4O19. The first-order valence-electron chi connectivity index (χ1n) is 43.4. The first-order chi connectivity index (χ1) is 66.8. The summed E-state index contributed by atoms with van der Waals surface area (Å²) < 4.78 is 186. The Kier molecular flexibility index (Phi) is 38.4. The first-order valence-corrected chi connectivity index (χ1v) is 44.2. The van der Waals surface area contributed by atoms with Crippen molar-refractivity contribution in [3.8, 4) is 62.4 Å². The van der Waals surface area contributed by atoms with Gasteiger partial charge in [-0.15, -0.1) is 0 Å². The fourth-order valence-electron chi connectivity index (χ4n) is 15.1. The smallest absolute Gasteiger partial charge is 0.870 e.